The zero-order chi connectivity index (χ0) is 21.2. The zero-order valence-corrected chi connectivity index (χ0v) is 16.1. The number of fused-ring (bicyclic) bond motifs is 1. The van der Waals surface area contributed by atoms with Gasteiger partial charge in [-0.25, -0.2) is 12.8 Å². The number of β-amino-alcohol motifs (C(OH)–C–C–N with tert-alkyl or cyclic N) is 1. The second kappa shape index (κ2) is 8.29. The molecule has 3 rings (SSSR count). The van der Waals surface area contributed by atoms with Gasteiger partial charge in [0, 0.05) is 26.2 Å². The number of aliphatic hydroxyl groups excluding tert-OH is 1. The summed E-state index contributed by atoms with van der Waals surface area (Å²) >= 11 is 0. The number of benzene rings is 2. The molecular formula is C19H20F4N2O3S. The molecule has 2 aromatic carbocycles. The number of nitrogens with one attached hydrogen (secondary N) is 1. The van der Waals surface area contributed by atoms with E-state index in [1.165, 1.54) is 5.56 Å². The number of hydrogen-bond donors (Lipinski definition) is 2. The van der Waals surface area contributed by atoms with Crippen LogP contribution in [0.4, 0.5) is 23.2 Å². The molecule has 10 heteroatoms. The fourth-order valence-corrected chi connectivity index (χ4v) is 4.24. The first-order valence-electron chi connectivity index (χ1n) is 8.90. The Bertz CT molecular complexity index is 980. The average Bonchev–Trinajstić information content (AvgIpc) is 2.66. The molecule has 158 valence electrons. The largest absolute Gasteiger partial charge is 0.501 e. The number of rotatable bonds is 6. The minimum atomic E-state index is -5.73. The van der Waals surface area contributed by atoms with E-state index in [0.717, 1.165) is 30.7 Å². The molecule has 2 aromatic rings. The molecule has 0 saturated carbocycles. The van der Waals surface area contributed by atoms with Crippen molar-refractivity contribution in [3.05, 3.63) is 59.4 Å². The zero-order valence-electron chi connectivity index (χ0n) is 15.3. The topological polar surface area (TPSA) is 69.6 Å². The first-order chi connectivity index (χ1) is 13.6. The fourth-order valence-electron chi connectivity index (χ4n) is 3.29. The van der Waals surface area contributed by atoms with Gasteiger partial charge in [-0.15, -0.1) is 0 Å². The van der Waals surface area contributed by atoms with Crippen molar-refractivity contribution < 1.29 is 31.1 Å². The summed E-state index contributed by atoms with van der Waals surface area (Å²) in [5, 5.41) is 12.8. The molecule has 0 amide bonds. The van der Waals surface area contributed by atoms with Crippen molar-refractivity contribution in [2.75, 3.05) is 25.0 Å². The Balaban J connectivity index is 1.66. The van der Waals surface area contributed by atoms with Crippen LogP contribution >= 0.6 is 0 Å². The quantitative estimate of drug-likeness (QED) is 0.687. The van der Waals surface area contributed by atoms with E-state index in [1.54, 1.807) is 0 Å². The number of nitrogens with zero attached hydrogens (tertiary/aromatic N) is 1. The standard InChI is InChI=1S/C19H20F4N2O3S/c20-15-5-6-17(18(9-15)29(27,28)19(21,22)23)24-10-16(26)12-25-8-7-13-3-1-2-4-14(13)11-25/h1-6,9,16,24,26H,7-8,10-12H2. The number of alkyl halides is 3. The van der Waals surface area contributed by atoms with Crippen molar-refractivity contribution in [1.82, 2.24) is 4.90 Å². The van der Waals surface area contributed by atoms with Gasteiger partial charge in [-0.3, -0.25) is 4.90 Å². The molecule has 5 nitrogen and oxygen atoms in total. The molecule has 0 saturated heterocycles. The predicted molar refractivity (Wildman–Crippen MR) is 99.6 cm³/mol. The Morgan fingerprint density at radius 1 is 1.14 bits per heavy atom. The van der Waals surface area contributed by atoms with Crippen LogP contribution in [0.1, 0.15) is 11.1 Å². The van der Waals surface area contributed by atoms with Crippen LogP contribution in [0.2, 0.25) is 0 Å². The molecule has 1 heterocycles. The van der Waals surface area contributed by atoms with Crippen molar-refractivity contribution in [2.45, 2.75) is 29.5 Å². The third kappa shape index (κ3) is 4.88. The van der Waals surface area contributed by atoms with Gasteiger partial charge in [0.05, 0.1) is 11.8 Å². The van der Waals surface area contributed by atoms with Crippen LogP contribution < -0.4 is 5.32 Å². The number of anilines is 1. The van der Waals surface area contributed by atoms with Gasteiger partial charge >= 0.3 is 5.51 Å². The molecule has 0 radical (unpaired) electrons. The molecule has 0 bridgehead atoms. The highest BCUT2D eigenvalue weighted by Crippen LogP contribution is 2.34. The van der Waals surface area contributed by atoms with E-state index in [1.807, 2.05) is 29.2 Å². The van der Waals surface area contributed by atoms with Gasteiger partial charge in [-0.2, -0.15) is 13.2 Å². The molecule has 0 aliphatic carbocycles. The summed E-state index contributed by atoms with van der Waals surface area (Å²) in [5.41, 5.74) is -3.58. The second-order valence-electron chi connectivity index (χ2n) is 6.88. The van der Waals surface area contributed by atoms with Crippen LogP contribution in [0.5, 0.6) is 0 Å². The first-order valence-corrected chi connectivity index (χ1v) is 10.4. The molecule has 0 aromatic heterocycles. The van der Waals surface area contributed by atoms with Gasteiger partial charge < -0.3 is 10.4 Å². The Labute approximate surface area is 165 Å². The normalized spacial score (nSPS) is 16.3. The molecule has 1 aliphatic rings. The maximum absolute atomic E-state index is 13.4. The molecular weight excluding hydrogens is 412 g/mol. The SMILES string of the molecule is O=S(=O)(c1cc(F)ccc1NCC(O)CN1CCc2ccccc2C1)C(F)(F)F. The molecule has 1 aliphatic heterocycles. The van der Waals surface area contributed by atoms with E-state index in [2.05, 4.69) is 5.32 Å². The summed E-state index contributed by atoms with van der Waals surface area (Å²) in [6.07, 6.45) is -0.144. The number of aliphatic hydroxyl groups is 1. The lowest BCUT2D eigenvalue weighted by molar-refractivity contribution is -0.0435. The molecule has 1 unspecified atom stereocenters. The van der Waals surface area contributed by atoms with Crippen molar-refractivity contribution in [3.63, 3.8) is 0 Å². The van der Waals surface area contributed by atoms with E-state index in [0.29, 0.717) is 12.6 Å². The Hall–Kier alpha value is -2.17. The smallest absolute Gasteiger partial charge is 0.390 e. The van der Waals surface area contributed by atoms with Gasteiger partial charge in [0.2, 0.25) is 0 Å². The minimum absolute atomic E-state index is 0.190. The average molecular weight is 432 g/mol. The molecule has 0 fully saturated rings. The van der Waals surface area contributed by atoms with Gasteiger partial charge in [-0.05, 0) is 35.7 Å². The van der Waals surface area contributed by atoms with Crippen molar-refractivity contribution in [2.24, 2.45) is 0 Å². The lowest BCUT2D eigenvalue weighted by Crippen LogP contribution is -2.39. The Kier molecular flexibility index (Phi) is 6.16. The lowest BCUT2D eigenvalue weighted by atomic mass is 10.00. The third-order valence-electron chi connectivity index (χ3n) is 4.74. The van der Waals surface area contributed by atoms with Gasteiger partial charge in [-0.1, -0.05) is 24.3 Å². The van der Waals surface area contributed by atoms with E-state index in [-0.39, 0.29) is 13.1 Å². The summed E-state index contributed by atoms with van der Waals surface area (Å²) in [6, 6.07) is 10.0. The lowest BCUT2D eigenvalue weighted by Gasteiger charge is -2.30. The van der Waals surface area contributed by atoms with E-state index in [4.69, 9.17) is 0 Å². The van der Waals surface area contributed by atoms with Crippen LogP contribution in [-0.4, -0.2) is 49.7 Å². The van der Waals surface area contributed by atoms with Crippen molar-refractivity contribution in [3.8, 4) is 0 Å². The fraction of sp³-hybridized carbons (Fsp3) is 0.368. The van der Waals surface area contributed by atoms with Crippen LogP contribution in [0, 0.1) is 5.82 Å². The summed E-state index contributed by atoms with van der Waals surface area (Å²) < 4.78 is 75.4. The highest BCUT2D eigenvalue weighted by Gasteiger charge is 2.48. The summed E-state index contributed by atoms with van der Waals surface area (Å²) in [5.74, 6) is -1.11. The van der Waals surface area contributed by atoms with Gasteiger partial charge in [0.1, 0.15) is 10.7 Å². The van der Waals surface area contributed by atoms with Crippen LogP contribution in [0.25, 0.3) is 0 Å². The Morgan fingerprint density at radius 3 is 2.52 bits per heavy atom. The maximum atomic E-state index is 13.4. The first kappa shape index (κ1) is 21.5. The Morgan fingerprint density at radius 2 is 1.83 bits per heavy atom. The van der Waals surface area contributed by atoms with Gasteiger partial charge in [0.15, 0.2) is 0 Å². The molecule has 29 heavy (non-hydrogen) atoms. The van der Waals surface area contributed by atoms with Gasteiger partial charge in [0.25, 0.3) is 9.84 Å². The third-order valence-corrected chi connectivity index (χ3v) is 6.27. The van der Waals surface area contributed by atoms with Crippen molar-refractivity contribution >= 4 is 15.5 Å². The number of hydrogen-bond acceptors (Lipinski definition) is 5. The van der Waals surface area contributed by atoms with E-state index in [9.17, 15) is 31.1 Å². The number of sulfone groups is 1. The van der Waals surface area contributed by atoms with Crippen LogP contribution in [0.3, 0.4) is 0 Å². The minimum Gasteiger partial charge on any atom is -0.390 e. The van der Waals surface area contributed by atoms with E-state index < -0.39 is 37.8 Å². The predicted octanol–water partition coefficient (Wildman–Crippen LogP) is 2.95. The highest BCUT2D eigenvalue weighted by molar-refractivity contribution is 7.92. The summed E-state index contributed by atoms with van der Waals surface area (Å²) in [6.45, 7) is 1.42. The highest BCUT2D eigenvalue weighted by atomic mass is 32.2. The summed E-state index contributed by atoms with van der Waals surface area (Å²) in [4.78, 5) is 0.802. The second-order valence-corrected chi connectivity index (χ2v) is 8.79. The summed E-state index contributed by atoms with van der Waals surface area (Å²) in [7, 11) is -5.73. The maximum Gasteiger partial charge on any atom is 0.501 e. The van der Waals surface area contributed by atoms with Crippen LogP contribution in [-0.2, 0) is 22.8 Å². The van der Waals surface area contributed by atoms with Crippen molar-refractivity contribution in [1.29, 1.82) is 0 Å². The van der Waals surface area contributed by atoms with E-state index >= 15 is 0 Å². The molecule has 1 atom stereocenters. The molecule has 0 spiro atoms. The van der Waals surface area contributed by atoms with Crippen LogP contribution in [0.15, 0.2) is 47.4 Å². The monoisotopic (exact) mass is 432 g/mol. The molecule has 2 N–H and O–H groups in total. The number of halogens is 4.